The van der Waals surface area contributed by atoms with Crippen molar-refractivity contribution in [3.05, 3.63) is 61.6 Å². The highest BCUT2D eigenvalue weighted by atomic mass is 79.9. The fourth-order valence-electron chi connectivity index (χ4n) is 2.10. The minimum Gasteiger partial charge on any atom is -0.364 e. The molecule has 8 nitrogen and oxygen atoms in total. The SMILES string of the molecule is O=[N+]([O-])c1c(NCCc2cccs2)ncnc1Nc1ccc(Br)cn1. The van der Waals surface area contributed by atoms with Gasteiger partial charge in [-0.1, -0.05) is 6.07 Å². The van der Waals surface area contributed by atoms with E-state index < -0.39 is 4.92 Å². The summed E-state index contributed by atoms with van der Waals surface area (Å²) in [5.74, 6) is 0.721. The first-order chi connectivity index (χ1) is 12.1. The van der Waals surface area contributed by atoms with Crippen LogP contribution in [-0.4, -0.2) is 26.4 Å². The molecule has 10 heteroatoms. The molecule has 0 aliphatic rings. The predicted molar refractivity (Wildman–Crippen MR) is 100 cm³/mol. The lowest BCUT2D eigenvalue weighted by molar-refractivity contribution is -0.383. The van der Waals surface area contributed by atoms with Gasteiger partial charge in [0.05, 0.1) is 4.92 Å². The van der Waals surface area contributed by atoms with E-state index in [1.807, 2.05) is 17.5 Å². The minimum atomic E-state index is -0.505. The van der Waals surface area contributed by atoms with E-state index in [0.717, 1.165) is 10.9 Å². The first kappa shape index (κ1) is 17.2. The Morgan fingerprint density at radius 1 is 1.20 bits per heavy atom. The van der Waals surface area contributed by atoms with Gasteiger partial charge in [0.1, 0.15) is 12.1 Å². The first-order valence-corrected chi connectivity index (χ1v) is 8.95. The monoisotopic (exact) mass is 420 g/mol. The van der Waals surface area contributed by atoms with Crippen molar-refractivity contribution >= 4 is 50.4 Å². The molecule has 3 aromatic heterocycles. The first-order valence-electron chi connectivity index (χ1n) is 7.27. The van der Waals surface area contributed by atoms with Crippen LogP contribution in [0.3, 0.4) is 0 Å². The smallest absolute Gasteiger partial charge is 0.353 e. The number of hydrogen-bond acceptors (Lipinski definition) is 8. The fourth-order valence-corrected chi connectivity index (χ4v) is 3.05. The van der Waals surface area contributed by atoms with Gasteiger partial charge < -0.3 is 10.6 Å². The molecule has 0 atom stereocenters. The number of anilines is 3. The summed E-state index contributed by atoms with van der Waals surface area (Å²) in [6.07, 6.45) is 3.63. The zero-order valence-corrected chi connectivity index (χ0v) is 15.2. The summed E-state index contributed by atoms with van der Waals surface area (Å²) in [6.45, 7) is 0.536. The Bertz CT molecular complexity index is 857. The highest BCUT2D eigenvalue weighted by Crippen LogP contribution is 2.30. The van der Waals surface area contributed by atoms with Crippen molar-refractivity contribution in [2.45, 2.75) is 6.42 Å². The second kappa shape index (κ2) is 7.99. The van der Waals surface area contributed by atoms with Crippen LogP contribution < -0.4 is 10.6 Å². The lowest BCUT2D eigenvalue weighted by atomic mass is 10.3. The van der Waals surface area contributed by atoms with Gasteiger partial charge in [-0.2, -0.15) is 0 Å². The highest BCUT2D eigenvalue weighted by molar-refractivity contribution is 9.10. The molecular weight excluding hydrogens is 408 g/mol. The maximum absolute atomic E-state index is 11.5. The molecule has 128 valence electrons. The van der Waals surface area contributed by atoms with Crippen LogP contribution in [0.5, 0.6) is 0 Å². The van der Waals surface area contributed by atoms with E-state index in [9.17, 15) is 10.1 Å². The maximum atomic E-state index is 11.5. The highest BCUT2D eigenvalue weighted by Gasteiger charge is 2.23. The number of pyridine rings is 1. The van der Waals surface area contributed by atoms with Gasteiger partial charge in [-0.25, -0.2) is 15.0 Å². The van der Waals surface area contributed by atoms with Gasteiger partial charge in [-0.3, -0.25) is 10.1 Å². The molecule has 0 aromatic carbocycles. The van der Waals surface area contributed by atoms with Gasteiger partial charge in [-0.15, -0.1) is 11.3 Å². The third kappa shape index (κ3) is 4.48. The average Bonchev–Trinajstić information content (AvgIpc) is 3.10. The quantitative estimate of drug-likeness (QED) is 0.439. The van der Waals surface area contributed by atoms with Crippen LogP contribution in [0.4, 0.5) is 23.1 Å². The fraction of sp³-hybridized carbons (Fsp3) is 0.133. The molecule has 25 heavy (non-hydrogen) atoms. The number of thiophene rings is 1. The third-order valence-electron chi connectivity index (χ3n) is 3.22. The van der Waals surface area contributed by atoms with Crippen molar-refractivity contribution in [2.24, 2.45) is 0 Å². The lowest BCUT2D eigenvalue weighted by Gasteiger charge is -2.09. The number of hydrogen-bond donors (Lipinski definition) is 2. The zero-order chi connectivity index (χ0) is 17.6. The Balaban J connectivity index is 1.78. The van der Waals surface area contributed by atoms with Crippen LogP contribution in [0, 0.1) is 10.1 Å². The molecule has 3 aromatic rings. The number of nitrogens with one attached hydrogen (secondary N) is 2. The Kier molecular flexibility index (Phi) is 5.51. The molecule has 0 radical (unpaired) electrons. The van der Waals surface area contributed by atoms with Crippen LogP contribution in [0.1, 0.15) is 4.88 Å². The molecule has 3 heterocycles. The molecular formula is C15H13BrN6O2S. The Morgan fingerprint density at radius 3 is 2.72 bits per heavy atom. The van der Waals surface area contributed by atoms with Gasteiger partial charge in [0.25, 0.3) is 0 Å². The minimum absolute atomic E-state index is 0.0912. The standard InChI is InChI=1S/C15H13BrN6O2S/c16-10-3-4-12(18-8-10)21-15-13(22(23)24)14(19-9-20-15)17-6-5-11-2-1-7-25-11/h1-4,7-9H,5-6H2,(H2,17,18,19,20,21). The molecule has 3 rings (SSSR count). The van der Waals surface area contributed by atoms with Crippen LogP contribution in [0.2, 0.25) is 0 Å². The number of nitrogens with zero attached hydrogens (tertiary/aromatic N) is 4. The summed E-state index contributed by atoms with van der Waals surface area (Å²) in [6, 6.07) is 7.47. The topological polar surface area (TPSA) is 106 Å². The Hall–Kier alpha value is -2.59. The molecule has 0 spiro atoms. The van der Waals surface area contributed by atoms with E-state index in [0.29, 0.717) is 12.4 Å². The summed E-state index contributed by atoms with van der Waals surface area (Å²) in [4.78, 5) is 24.3. The molecule has 0 saturated heterocycles. The number of rotatable bonds is 7. The summed E-state index contributed by atoms with van der Waals surface area (Å²) >= 11 is 4.94. The maximum Gasteiger partial charge on any atom is 0.353 e. The largest absolute Gasteiger partial charge is 0.364 e. The molecule has 0 aliphatic carbocycles. The number of nitro groups is 1. The molecule has 0 aliphatic heterocycles. The van der Waals surface area contributed by atoms with Crippen LogP contribution in [-0.2, 0) is 6.42 Å². The van der Waals surface area contributed by atoms with E-state index in [4.69, 9.17) is 0 Å². The molecule has 0 unspecified atom stereocenters. The summed E-state index contributed by atoms with van der Waals surface area (Å²) in [5.41, 5.74) is -0.210. The second-order valence-corrected chi connectivity index (χ2v) is 6.87. The predicted octanol–water partition coefficient (Wildman–Crippen LogP) is 4.00. The normalized spacial score (nSPS) is 10.4. The van der Waals surface area contributed by atoms with Gasteiger partial charge in [-0.05, 0) is 45.9 Å². The second-order valence-electron chi connectivity index (χ2n) is 4.92. The number of aromatic nitrogens is 3. The average molecular weight is 421 g/mol. The van der Waals surface area contributed by atoms with E-state index in [-0.39, 0.29) is 17.3 Å². The third-order valence-corrected chi connectivity index (χ3v) is 4.63. The van der Waals surface area contributed by atoms with Crippen LogP contribution in [0.15, 0.2) is 46.6 Å². The van der Waals surface area contributed by atoms with E-state index in [1.54, 1.807) is 29.7 Å². The molecule has 0 fully saturated rings. The summed E-state index contributed by atoms with van der Waals surface area (Å²) in [5, 5.41) is 19.4. The van der Waals surface area contributed by atoms with Crippen molar-refractivity contribution < 1.29 is 4.92 Å². The molecule has 0 amide bonds. The summed E-state index contributed by atoms with van der Waals surface area (Å²) < 4.78 is 0.811. The lowest BCUT2D eigenvalue weighted by Crippen LogP contribution is -2.10. The Labute approximate surface area is 155 Å². The number of halogens is 1. The van der Waals surface area contributed by atoms with Crippen molar-refractivity contribution in [3.8, 4) is 0 Å². The van der Waals surface area contributed by atoms with Gasteiger partial charge in [0.15, 0.2) is 0 Å². The molecule has 0 saturated carbocycles. The van der Waals surface area contributed by atoms with Gasteiger partial charge in [0, 0.05) is 22.1 Å². The van der Waals surface area contributed by atoms with Crippen molar-refractivity contribution in [3.63, 3.8) is 0 Å². The van der Waals surface area contributed by atoms with E-state index in [1.165, 1.54) is 11.2 Å². The van der Waals surface area contributed by atoms with E-state index in [2.05, 4.69) is 41.5 Å². The van der Waals surface area contributed by atoms with Crippen LogP contribution in [0.25, 0.3) is 0 Å². The van der Waals surface area contributed by atoms with Crippen molar-refractivity contribution in [2.75, 3.05) is 17.2 Å². The van der Waals surface area contributed by atoms with Crippen molar-refractivity contribution in [1.82, 2.24) is 15.0 Å². The Morgan fingerprint density at radius 2 is 2.04 bits per heavy atom. The van der Waals surface area contributed by atoms with Crippen LogP contribution >= 0.6 is 27.3 Å². The van der Waals surface area contributed by atoms with Gasteiger partial charge >= 0.3 is 5.69 Å². The van der Waals surface area contributed by atoms with Crippen molar-refractivity contribution in [1.29, 1.82) is 0 Å². The van der Waals surface area contributed by atoms with Gasteiger partial charge in [0.2, 0.25) is 11.6 Å². The zero-order valence-electron chi connectivity index (χ0n) is 12.8. The van der Waals surface area contributed by atoms with E-state index >= 15 is 0 Å². The molecule has 0 bridgehead atoms. The summed E-state index contributed by atoms with van der Waals surface area (Å²) in [7, 11) is 0. The molecule has 2 N–H and O–H groups in total.